The van der Waals surface area contributed by atoms with Crippen molar-refractivity contribution in [2.75, 3.05) is 32.5 Å². The summed E-state index contributed by atoms with van der Waals surface area (Å²) in [6, 6.07) is 22.3. The van der Waals surface area contributed by atoms with Gasteiger partial charge in [-0.05, 0) is 66.5 Å². The summed E-state index contributed by atoms with van der Waals surface area (Å²) in [5.74, 6) is -1.71. The molecule has 13 heteroatoms. The molecule has 3 aromatic carbocycles. The van der Waals surface area contributed by atoms with Gasteiger partial charge in [-0.3, -0.25) is 9.59 Å². The van der Waals surface area contributed by atoms with Gasteiger partial charge in [0.25, 0.3) is 0 Å². The Kier molecular flexibility index (Phi) is 15.9. The van der Waals surface area contributed by atoms with Crippen LogP contribution >= 0.6 is 0 Å². The number of nitrogens with zero attached hydrogens (tertiary/aromatic N) is 1. The van der Waals surface area contributed by atoms with Crippen LogP contribution in [-0.2, 0) is 29.1 Å². The van der Waals surface area contributed by atoms with Gasteiger partial charge in [0.2, 0.25) is 15.9 Å². The second-order valence-corrected chi connectivity index (χ2v) is 15.2. The minimum absolute atomic E-state index is 0.0367. The number of ether oxygens (including phenoxy) is 2. The maximum Gasteiger partial charge on any atom is 0.407 e. The van der Waals surface area contributed by atoms with Crippen LogP contribution in [0, 0.1) is 11.8 Å². The number of nitrogen functional groups attached to an aromatic ring is 1. The number of benzene rings is 3. The summed E-state index contributed by atoms with van der Waals surface area (Å²) >= 11 is 0. The van der Waals surface area contributed by atoms with Gasteiger partial charge in [-0.2, -0.15) is 4.31 Å². The van der Waals surface area contributed by atoms with Crippen molar-refractivity contribution in [2.45, 2.75) is 75.9 Å². The van der Waals surface area contributed by atoms with Gasteiger partial charge >= 0.3 is 12.1 Å². The Labute approximate surface area is 302 Å². The molecule has 3 rings (SSSR count). The van der Waals surface area contributed by atoms with Crippen molar-refractivity contribution in [3.05, 3.63) is 96.1 Å². The monoisotopic (exact) mass is 723 g/mol. The average molecular weight is 724 g/mol. The first-order valence-corrected chi connectivity index (χ1v) is 18.7. The minimum atomic E-state index is -4.01. The molecule has 0 aromatic heterocycles. The highest BCUT2D eigenvalue weighted by molar-refractivity contribution is 7.89. The normalized spacial score (nSPS) is 13.5. The third-order valence-corrected chi connectivity index (χ3v) is 10.4. The van der Waals surface area contributed by atoms with Crippen molar-refractivity contribution < 1.29 is 32.3 Å². The van der Waals surface area contributed by atoms with Crippen LogP contribution in [0.2, 0.25) is 0 Å². The van der Waals surface area contributed by atoms with Crippen LogP contribution < -0.4 is 22.1 Å². The highest BCUT2D eigenvalue weighted by Gasteiger charge is 2.35. The Morgan fingerprint density at radius 3 is 1.92 bits per heavy atom. The van der Waals surface area contributed by atoms with Gasteiger partial charge in [-0.25, -0.2) is 13.2 Å². The lowest BCUT2D eigenvalue weighted by molar-refractivity contribution is -0.147. The number of esters is 1. The lowest BCUT2D eigenvalue weighted by Gasteiger charge is -2.32. The molecule has 12 nitrogen and oxygen atoms in total. The molecule has 0 spiro atoms. The summed E-state index contributed by atoms with van der Waals surface area (Å²) < 4.78 is 39.8. The number of alkyl carbamates (subject to hydrolysis) is 1. The molecule has 3 atom stereocenters. The van der Waals surface area contributed by atoms with E-state index in [-0.39, 0.29) is 36.4 Å². The van der Waals surface area contributed by atoms with Crippen LogP contribution in [0.25, 0.3) is 0 Å². The second-order valence-electron chi connectivity index (χ2n) is 13.3. The summed E-state index contributed by atoms with van der Waals surface area (Å²) in [5.41, 5.74) is 14.0. The number of anilines is 1. The van der Waals surface area contributed by atoms with Crippen molar-refractivity contribution in [3.8, 4) is 0 Å². The van der Waals surface area contributed by atoms with E-state index in [0.29, 0.717) is 24.9 Å². The Hall–Kier alpha value is -4.46. The summed E-state index contributed by atoms with van der Waals surface area (Å²) in [4.78, 5) is 39.1. The fourth-order valence-corrected chi connectivity index (χ4v) is 7.45. The summed E-state index contributed by atoms with van der Waals surface area (Å²) in [5, 5.41) is 5.67. The van der Waals surface area contributed by atoms with E-state index in [1.807, 2.05) is 88.4 Å². The number of nitrogens with one attached hydrogen (secondary N) is 2. The quantitative estimate of drug-likeness (QED) is 0.0777. The molecule has 2 amide bonds. The molecule has 1 unspecified atom stereocenters. The van der Waals surface area contributed by atoms with Crippen LogP contribution in [0.4, 0.5) is 10.5 Å². The van der Waals surface area contributed by atoms with Gasteiger partial charge in [0.1, 0.15) is 18.7 Å². The molecule has 0 radical (unpaired) electrons. The number of sulfonamides is 1. The maximum atomic E-state index is 14.0. The zero-order chi connectivity index (χ0) is 37.6. The van der Waals surface area contributed by atoms with E-state index in [0.717, 1.165) is 11.1 Å². The van der Waals surface area contributed by atoms with Crippen LogP contribution in [0.3, 0.4) is 0 Å². The standard InChI is InChI=1S/C38H53N5O7S/c1-26(2)24-43(51(47,48)32-21-19-30(39)20-22-32)31(25-50-37(45)34(40)27(3)4)18-12-13-23-41-36(44)35(42-38(46)49-5)33(28-14-8-6-9-15-28)29-16-10-7-11-17-29/h6-11,14-17,19-22,26-27,31,33-35H,12-13,18,23-25,39-40H2,1-5H3,(H,41,44)(H,42,46)/t31-,34-,35?/m0/s1. The number of methoxy groups -OCH3 is 1. The fraction of sp³-hybridized carbons (Fsp3) is 0.447. The topological polar surface area (TPSA) is 183 Å². The molecular weight excluding hydrogens is 671 g/mol. The zero-order valence-electron chi connectivity index (χ0n) is 30.2. The largest absolute Gasteiger partial charge is 0.463 e. The molecule has 0 aliphatic heterocycles. The van der Waals surface area contributed by atoms with Crippen molar-refractivity contribution in [1.82, 2.24) is 14.9 Å². The Morgan fingerprint density at radius 2 is 1.41 bits per heavy atom. The van der Waals surface area contributed by atoms with Gasteiger partial charge in [-0.1, -0.05) is 88.4 Å². The molecule has 3 aromatic rings. The molecular formula is C38H53N5O7S. The Morgan fingerprint density at radius 1 is 0.843 bits per heavy atom. The highest BCUT2D eigenvalue weighted by atomic mass is 32.2. The first kappa shape index (κ1) is 41.0. The van der Waals surface area contributed by atoms with E-state index in [4.69, 9.17) is 20.9 Å². The Balaban J connectivity index is 1.80. The molecule has 0 bridgehead atoms. The van der Waals surface area contributed by atoms with E-state index in [1.165, 1.54) is 35.7 Å². The molecule has 0 saturated carbocycles. The molecule has 0 saturated heterocycles. The average Bonchev–Trinajstić information content (AvgIpc) is 3.11. The van der Waals surface area contributed by atoms with Gasteiger partial charge in [0.15, 0.2) is 0 Å². The molecule has 6 N–H and O–H groups in total. The Bertz CT molecular complexity index is 1600. The lowest BCUT2D eigenvalue weighted by atomic mass is 9.84. The molecule has 0 heterocycles. The number of hydrogen-bond donors (Lipinski definition) is 4. The number of carbonyl (C=O) groups is 3. The fourth-order valence-electron chi connectivity index (χ4n) is 5.65. The van der Waals surface area contributed by atoms with Crippen molar-refractivity contribution in [3.63, 3.8) is 0 Å². The van der Waals surface area contributed by atoms with E-state index < -0.39 is 52.0 Å². The smallest absolute Gasteiger partial charge is 0.407 e. The van der Waals surface area contributed by atoms with Crippen LogP contribution in [-0.4, -0.2) is 75.6 Å². The third kappa shape index (κ3) is 12.1. The van der Waals surface area contributed by atoms with E-state index in [2.05, 4.69) is 10.6 Å². The van der Waals surface area contributed by atoms with Crippen LogP contribution in [0.5, 0.6) is 0 Å². The highest BCUT2D eigenvalue weighted by Crippen LogP contribution is 2.29. The molecule has 51 heavy (non-hydrogen) atoms. The predicted molar refractivity (Wildman–Crippen MR) is 198 cm³/mol. The SMILES string of the molecule is COC(=O)NC(C(=O)NCCCC[C@@H](COC(=O)[C@@H](N)C(C)C)N(CC(C)C)S(=O)(=O)c1ccc(N)cc1)C(c1ccccc1)c1ccccc1. The number of hydrogen-bond acceptors (Lipinski definition) is 9. The molecule has 0 aliphatic carbocycles. The number of amides is 2. The molecule has 0 aliphatic rings. The van der Waals surface area contributed by atoms with Crippen LogP contribution in [0.1, 0.15) is 64.0 Å². The maximum absolute atomic E-state index is 14.0. The first-order valence-electron chi connectivity index (χ1n) is 17.3. The zero-order valence-corrected chi connectivity index (χ0v) is 31.0. The summed E-state index contributed by atoms with van der Waals surface area (Å²) in [6.07, 6.45) is 0.557. The summed E-state index contributed by atoms with van der Waals surface area (Å²) in [7, 11) is -2.77. The van der Waals surface area contributed by atoms with E-state index in [1.54, 1.807) is 0 Å². The molecule has 278 valence electrons. The van der Waals surface area contributed by atoms with E-state index in [9.17, 15) is 22.8 Å². The lowest BCUT2D eigenvalue weighted by Crippen LogP contribution is -2.50. The number of carbonyl (C=O) groups excluding carboxylic acids is 3. The van der Waals surface area contributed by atoms with E-state index >= 15 is 0 Å². The van der Waals surface area contributed by atoms with Crippen molar-refractivity contribution in [2.24, 2.45) is 17.6 Å². The van der Waals surface area contributed by atoms with Crippen LogP contribution in [0.15, 0.2) is 89.8 Å². The van der Waals surface area contributed by atoms with Gasteiger partial charge in [-0.15, -0.1) is 0 Å². The second kappa shape index (κ2) is 19.8. The minimum Gasteiger partial charge on any atom is -0.463 e. The van der Waals surface area contributed by atoms with Gasteiger partial charge in [0, 0.05) is 24.7 Å². The molecule has 0 fully saturated rings. The van der Waals surface area contributed by atoms with Gasteiger partial charge < -0.3 is 31.6 Å². The van der Waals surface area contributed by atoms with Gasteiger partial charge in [0.05, 0.1) is 18.0 Å². The third-order valence-electron chi connectivity index (χ3n) is 8.50. The number of unbranched alkanes of at least 4 members (excludes halogenated alkanes) is 1. The number of nitrogens with two attached hydrogens (primary N) is 2. The van der Waals surface area contributed by atoms with Crippen molar-refractivity contribution in [1.29, 1.82) is 0 Å². The first-order chi connectivity index (χ1) is 24.3. The predicted octanol–water partition coefficient (Wildman–Crippen LogP) is 4.65. The number of rotatable bonds is 19. The van der Waals surface area contributed by atoms with Crippen molar-refractivity contribution >= 4 is 33.7 Å². The summed E-state index contributed by atoms with van der Waals surface area (Å²) in [6.45, 7) is 7.68.